The van der Waals surface area contributed by atoms with Gasteiger partial charge in [0.1, 0.15) is 17.6 Å². The summed E-state index contributed by atoms with van der Waals surface area (Å²) >= 11 is 0. The lowest BCUT2D eigenvalue weighted by Crippen LogP contribution is -2.22. The summed E-state index contributed by atoms with van der Waals surface area (Å²) in [6, 6.07) is 14.1. The minimum absolute atomic E-state index is 0.00458. The van der Waals surface area contributed by atoms with Crippen LogP contribution in [0.1, 0.15) is 24.2 Å². The highest BCUT2D eigenvalue weighted by Gasteiger charge is 2.15. The van der Waals surface area contributed by atoms with Crippen molar-refractivity contribution >= 4 is 15.7 Å². The summed E-state index contributed by atoms with van der Waals surface area (Å²) in [4.78, 5) is 6.51. The van der Waals surface area contributed by atoms with Crippen LogP contribution in [0.2, 0.25) is 0 Å². The predicted molar refractivity (Wildman–Crippen MR) is 85.3 cm³/mol. The van der Waals surface area contributed by atoms with Gasteiger partial charge < -0.3 is 4.90 Å². The van der Waals surface area contributed by atoms with E-state index in [-0.39, 0.29) is 6.04 Å². The van der Waals surface area contributed by atoms with E-state index in [1.165, 1.54) is 6.26 Å². The standard InChI is InChI=1S/C16H17N3O2S/c1-12(13-7-9-15(10-8-13)22(3,20)21)19(2)16-6-4-5-14(11-17)18-16/h4-10,12H,1-3H3. The van der Waals surface area contributed by atoms with E-state index < -0.39 is 9.84 Å². The summed E-state index contributed by atoms with van der Waals surface area (Å²) in [6.07, 6.45) is 1.19. The minimum Gasteiger partial charge on any atom is -0.353 e. The average Bonchev–Trinajstić information content (AvgIpc) is 2.53. The molecule has 0 aliphatic heterocycles. The van der Waals surface area contributed by atoms with Gasteiger partial charge in [-0.05, 0) is 36.8 Å². The van der Waals surface area contributed by atoms with Gasteiger partial charge in [-0.15, -0.1) is 0 Å². The first kappa shape index (κ1) is 16.0. The first-order chi connectivity index (χ1) is 10.3. The van der Waals surface area contributed by atoms with Crippen molar-refractivity contribution in [1.29, 1.82) is 5.26 Å². The Bertz CT molecular complexity index is 808. The van der Waals surface area contributed by atoms with Crippen molar-refractivity contribution in [2.75, 3.05) is 18.2 Å². The van der Waals surface area contributed by atoms with Gasteiger partial charge in [0.15, 0.2) is 9.84 Å². The maximum Gasteiger partial charge on any atom is 0.175 e. The number of nitriles is 1. The van der Waals surface area contributed by atoms with Crippen molar-refractivity contribution in [3.8, 4) is 6.07 Å². The van der Waals surface area contributed by atoms with Gasteiger partial charge in [-0.1, -0.05) is 18.2 Å². The number of hydrogen-bond donors (Lipinski definition) is 0. The van der Waals surface area contributed by atoms with Gasteiger partial charge in [-0.25, -0.2) is 13.4 Å². The molecule has 0 aliphatic rings. The van der Waals surface area contributed by atoms with Crippen LogP contribution in [0.25, 0.3) is 0 Å². The van der Waals surface area contributed by atoms with Crippen LogP contribution in [0.15, 0.2) is 47.4 Å². The molecule has 22 heavy (non-hydrogen) atoms. The van der Waals surface area contributed by atoms with Crippen LogP contribution in [0.4, 0.5) is 5.82 Å². The van der Waals surface area contributed by atoms with Crippen molar-refractivity contribution < 1.29 is 8.42 Å². The van der Waals surface area contributed by atoms with E-state index in [2.05, 4.69) is 4.98 Å². The molecule has 0 bridgehead atoms. The lowest BCUT2D eigenvalue weighted by molar-refractivity contribution is 0.601. The van der Waals surface area contributed by atoms with Crippen LogP contribution < -0.4 is 4.90 Å². The quantitative estimate of drug-likeness (QED) is 0.867. The number of nitrogens with zero attached hydrogens (tertiary/aromatic N) is 3. The Morgan fingerprint density at radius 3 is 2.36 bits per heavy atom. The largest absolute Gasteiger partial charge is 0.353 e. The fraction of sp³-hybridized carbons (Fsp3) is 0.250. The monoisotopic (exact) mass is 315 g/mol. The molecule has 2 rings (SSSR count). The summed E-state index contributed by atoms with van der Waals surface area (Å²) < 4.78 is 23.0. The normalized spacial score (nSPS) is 12.5. The van der Waals surface area contributed by atoms with Gasteiger partial charge in [-0.3, -0.25) is 0 Å². The highest BCUT2D eigenvalue weighted by Crippen LogP contribution is 2.24. The van der Waals surface area contributed by atoms with Gasteiger partial charge in [0.05, 0.1) is 10.9 Å². The molecule has 1 heterocycles. The van der Waals surface area contributed by atoms with Crippen LogP contribution in [-0.4, -0.2) is 26.7 Å². The second kappa shape index (κ2) is 6.16. The maximum absolute atomic E-state index is 11.5. The Hall–Kier alpha value is -2.39. The molecular weight excluding hydrogens is 298 g/mol. The zero-order chi connectivity index (χ0) is 16.3. The number of benzene rings is 1. The minimum atomic E-state index is -3.19. The summed E-state index contributed by atoms with van der Waals surface area (Å²) in [5.74, 6) is 0.693. The smallest absolute Gasteiger partial charge is 0.175 e. The topological polar surface area (TPSA) is 74.1 Å². The molecule has 6 heteroatoms. The molecule has 1 aromatic carbocycles. The van der Waals surface area contributed by atoms with Gasteiger partial charge in [0.25, 0.3) is 0 Å². The molecule has 0 saturated carbocycles. The lowest BCUT2D eigenvalue weighted by atomic mass is 10.1. The molecule has 0 saturated heterocycles. The molecule has 0 fully saturated rings. The highest BCUT2D eigenvalue weighted by atomic mass is 32.2. The fourth-order valence-electron chi connectivity index (χ4n) is 2.10. The van der Waals surface area contributed by atoms with Gasteiger partial charge in [0, 0.05) is 13.3 Å². The fourth-order valence-corrected chi connectivity index (χ4v) is 2.73. The first-order valence-electron chi connectivity index (χ1n) is 6.73. The van der Waals surface area contributed by atoms with E-state index in [0.29, 0.717) is 16.4 Å². The van der Waals surface area contributed by atoms with E-state index in [1.54, 1.807) is 36.4 Å². The van der Waals surface area contributed by atoms with Gasteiger partial charge >= 0.3 is 0 Å². The Labute approximate surface area is 130 Å². The zero-order valence-corrected chi connectivity index (χ0v) is 13.5. The third kappa shape index (κ3) is 3.43. The molecule has 0 aliphatic carbocycles. The summed E-state index contributed by atoms with van der Waals surface area (Å²) in [5.41, 5.74) is 1.34. The molecule has 0 spiro atoms. The zero-order valence-electron chi connectivity index (χ0n) is 12.7. The highest BCUT2D eigenvalue weighted by molar-refractivity contribution is 7.90. The van der Waals surface area contributed by atoms with Crippen molar-refractivity contribution in [1.82, 2.24) is 4.98 Å². The van der Waals surface area contributed by atoms with E-state index in [1.807, 2.05) is 31.0 Å². The molecule has 0 radical (unpaired) electrons. The van der Waals surface area contributed by atoms with E-state index >= 15 is 0 Å². The molecule has 114 valence electrons. The number of hydrogen-bond acceptors (Lipinski definition) is 5. The van der Waals surface area contributed by atoms with Crippen molar-refractivity contribution in [2.24, 2.45) is 0 Å². The number of rotatable bonds is 4. The van der Waals surface area contributed by atoms with Crippen molar-refractivity contribution in [3.63, 3.8) is 0 Å². The predicted octanol–water partition coefficient (Wildman–Crippen LogP) is 2.55. The van der Waals surface area contributed by atoms with Crippen LogP contribution in [-0.2, 0) is 9.84 Å². The molecular formula is C16H17N3O2S. The summed E-state index contributed by atoms with van der Waals surface area (Å²) in [7, 11) is -1.30. The molecule has 0 N–H and O–H groups in total. The first-order valence-corrected chi connectivity index (χ1v) is 8.62. The SMILES string of the molecule is CC(c1ccc(S(C)(=O)=O)cc1)N(C)c1cccc(C#N)n1. The summed E-state index contributed by atoms with van der Waals surface area (Å²) in [5, 5.41) is 8.92. The Kier molecular flexibility index (Phi) is 4.48. The molecule has 2 aromatic rings. The molecule has 1 unspecified atom stereocenters. The number of pyridine rings is 1. The summed E-state index contributed by atoms with van der Waals surface area (Å²) in [6.45, 7) is 2.00. The van der Waals surface area contributed by atoms with E-state index in [0.717, 1.165) is 5.56 Å². The van der Waals surface area contributed by atoms with Crippen molar-refractivity contribution in [2.45, 2.75) is 17.9 Å². The number of aromatic nitrogens is 1. The third-order valence-corrected chi connectivity index (χ3v) is 4.71. The van der Waals surface area contributed by atoms with Crippen molar-refractivity contribution in [3.05, 3.63) is 53.7 Å². The molecule has 5 nitrogen and oxygen atoms in total. The van der Waals surface area contributed by atoms with Crippen LogP contribution in [0.5, 0.6) is 0 Å². The maximum atomic E-state index is 11.5. The second-order valence-electron chi connectivity index (χ2n) is 5.12. The average molecular weight is 315 g/mol. The molecule has 1 aromatic heterocycles. The third-order valence-electron chi connectivity index (χ3n) is 3.58. The van der Waals surface area contributed by atoms with Gasteiger partial charge in [0.2, 0.25) is 0 Å². The van der Waals surface area contributed by atoms with Gasteiger partial charge in [-0.2, -0.15) is 5.26 Å². The Morgan fingerprint density at radius 2 is 1.82 bits per heavy atom. The van der Waals surface area contributed by atoms with Crippen LogP contribution in [0.3, 0.4) is 0 Å². The number of sulfone groups is 1. The lowest BCUT2D eigenvalue weighted by Gasteiger charge is -2.26. The molecule has 0 amide bonds. The van der Waals surface area contributed by atoms with E-state index in [9.17, 15) is 8.42 Å². The van der Waals surface area contributed by atoms with Crippen LogP contribution >= 0.6 is 0 Å². The Balaban J connectivity index is 2.27. The molecule has 1 atom stereocenters. The Morgan fingerprint density at radius 1 is 1.18 bits per heavy atom. The van der Waals surface area contributed by atoms with E-state index in [4.69, 9.17) is 5.26 Å². The second-order valence-corrected chi connectivity index (χ2v) is 7.14. The van der Waals surface area contributed by atoms with Crippen LogP contribution in [0, 0.1) is 11.3 Å². The number of anilines is 1.